The van der Waals surface area contributed by atoms with Gasteiger partial charge in [0.2, 0.25) is 0 Å². The molecule has 5 nitrogen and oxygen atoms in total. The van der Waals surface area contributed by atoms with Gasteiger partial charge in [0.15, 0.2) is 10.9 Å². The van der Waals surface area contributed by atoms with E-state index in [2.05, 4.69) is 11.9 Å². The fraction of sp³-hybridized carbons (Fsp3) is 0.381. The molecule has 1 fully saturated rings. The van der Waals surface area contributed by atoms with Crippen molar-refractivity contribution in [3.63, 3.8) is 0 Å². The largest absolute Gasteiger partial charge is 0.490 e. The molecular weight excluding hydrogens is 362 g/mol. The number of hydrogen-bond donors (Lipinski definition) is 1. The number of carbonyl (C=O) groups is 2. The molecule has 142 valence electrons. The van der Waals surface area contributed by atoms with Crippen LogP contribution in [0.4, 0.5) is 0 Å². The van der Waals surface area contributed by atoms with Crippen molar-refractivity contribution in [3.05, 3.63) is 59.4 Å². The van der Waals surface area contributed by atoms with E-state index >= 15 is 0 Å². The van der Waals surface area contributed by atoms with Crippen molar-refractivity contribution in [3.8, 4) is 5.75 Å². The minimum Gasteiger partial charge on any atom is -0.490 e. The number of aromatic nitrogens is 1. The van der Waals surface area contributed by atoms with E-state index < -0.39 is 10.9 Å². The van der Waals surface area contributed by atoms with Crippen LogP contribution in [0.1, 0.15) is 43.2 Å². The van der Waals surface area contributed by atoms with E-state index in [1.54, 1.807) is 6.20 Å². The van der Waals surface area contributed by atoms with Crippen molar-refractivity contribution in [2.45, 2.75) is 44.0 Å². The van der Waals surface area contributed by atoms with Crippen LogP contribution in [-0.4, -0.2) is 32.3 Å². The molecule has 0 amide bonds. The highest BCUT2D eigenvalue weighted by atomic mass is 32.2. The zero-order valence-corrected chi connectivity index (χ0v) is 16.3. The lowest BCUT2D eigenvalue weighted by atomic mass is 9.95. The second kappa shape index (κ2) is 8.23. The molecule has 2 aromatic rings. The lowest BCUT2D eigenvalue weighted by Crippen LogP contribution is -2.29. The molecule has 2 atom stereocenters. The second-order valence-corrected chi connectivity index (χ2v) is 8.46. The SMILES string of the molecule is CCc1ccc([C@@H](O)COc2ccc(CC3(C)SC(=O)CC3=O)cc2)nc1. The number of thioether (sulfide) groups is 1. The van der Waals surface area contributed by atoms with E-state index in [-0.39, 0.29) is 23.9 Å². The molecule has 6 heteroatoms. The Morgan fingerprint density at radius 1 is 1.19 bits per heavy atom. The van der Waals surface area contributed by atoms with Gasteiger partial charge in [0.05, 0.1) is 16.9 Å². The first-order valence-electron chi connectivity index (χ1n) is 8.99. The minimum atomic E-state index is -0.798. The molecule has 0 spiro atoms. The molecule has 27 heavy (non-hydrogen) atoms. The van der Waals surface area contributed by atoms with Crippen LogP contribution in [0.3, 0.4) is 0 Å². The first-order valence-corrected chi connectivity index (χ1v) is 9.81. The summed E-state index contributed by atoms with van der Waals surface area (Å²) < 4.78 is 4.98. The van der Waals surface area contributed by atoms with Crippen molar-refractivity contribution >= 4 is 22.7 Å². The van der Waals surface area contributed by atoms with Crippen LogP contribution < -0.4 is 4.74 Å². The molecule has 1 aromatic carbocycles. The smallest absolute Gasteiger partial charge is 0.197 e. The molecule has 1 N–H and O–H groups in total. The molecule has 3 rings (SSSR count). The number of ether oxygens (including phenoxy) is 1. The van der Waals surface area contributed by atoms with Gasteiger partial charge in [0, 0.05) is 6.20 Å². The predicted octanol–water partition coefficient (Wildman–Crippen LogP) is 3.29. The molecule has 0 aliphatic carbocycles. The number of aryl methyl sites for hydroxylation is 1. The van der Waals surface area contributed by atoms with Crippen molar-refractivity contribution < 1.29 is 19.4 Å². The standard InChI is InChI=1S/C21H23NO4S/c1-3-14-6-9-17(22-12-14)18(23)13-26-16-7-4-15(5-8-16)11-21(2)19(24)10-20(25)27-21/h4-9,12,18,23H,3,10-11,13H2,1-2H3/t18-,21?/m0/s1. The summed E-state index contributed by atoms with van der Waals surface area (Å²) in [7, 11) is 0. The molecule has 1 aliphatic heterocycles. The lowest BCUT2D eigenvalue weighted by Gasteiger charge is -2.20. The quantitative estimate of drug-likeness (QED) is 0.737. The van der Waals surface area contributed by atoms with Crippen LogP contribution >= 0.6 is 11.8 Å². The summed E-state index contributed by atoms with van der Waals surface area (Å²) in [5, 5.41) is 10.2. The number of hydrogen-bond acceptors (Lipinski definition) is 6. The van der Waals surface area contributed by atoms with E-state index in [0.29, 0.717) is 17.9 Å². The Kier molecular flexibility index (Phi) is 5.97. The zero-order chi connectivity index (χ0) is 19.4. The van der Waals surface area contributed by atoms with Crippen molar-refractivity contribution in [2.75, 3.05) is 6.61 Å². The van der Waals surface area contributed by atoms with Crippen molar-refractivity contribution in [1.29, 1.82) is 0 Å². The van der Waals surface area contributed by atoms with Crippen LogP contribution in [-0.2, 0) is 22.4 Å². The summed E-state index contributed by atoms with van der Waals surface area (Å²) >= 11 is 1.13. The lowest BCUT2D eigenvalue weighted by molar-refractivity contribution is -0.123. The number of carbonyl (C=O) groups excluding carboxylic acids is 2. The van der Waals surface area contributed by atoms with Gasteiger partial charge < -0.3 is 9.84 Å². The molecule has 1 unspecified atom stereocenters. The molecule has 1 saturated heterocycles. The van der Waals surface area contributed by atoms with Crippen LogP contribution in [0.2, 0.25) is 0 Å². The maximum Gasteiger partial charge on any atom is 0.197 e. The van der Waals surface area contributed by atoms with E-state index in [0.717, 1.165) is 29.3 Å². The van der Waals surface area contributed by atoms with E-state index in [4.69, 9.17) is 4.74 Å². The number of Topliss-reactive ketones (excluding diaryl/α,β-unsaturated/α-hetero) is 1. The maximum absolute atomic E-state index is 12.0. The monoisotopic (exact) mass is 385 g/mol. The highest BCUT2D eigenvalue weighted by Gasteiger charge is 2.43. The first kappa shape index (κ1) is 19.6. The van der Waals surface area contributed by atoms with Gasteiger partial charge in [0.25, 0.3) is 0 Å². The second-order valence-electron chi connectivity index (χ2n) is 6.90. The summed E-state index contributed by atoms with van der Waals surface area (Å²) in [5.74, 6) is 0.622. The Labute approximate surface area is 163 Å². The minimum absolute atomic E-state index is 0.0115. The molecule has 1 aromatic heterocycles. The number of ketones is 1. The first-order chi connectivity index (χ1) is 12.9. The highest BCUT2D eigenvalue weighted by Crippen LogP contribution is 2.38. The molecule has 0 bridgehead atoms. The maximum atomic E-state index is 12.0. The fourth-order valence-electron chi connectivity index (χ4n) is 2.99. The van der Waals surface area contributed by atoms with E-state index in [9.17, 15) is 14.7 Å². The predicted molar refractivity (Wildman–Crippen MR) is 105 cm³/mol. The van der Waals surface area contributed by atoms with Gasteiger partial charge in [-0.25, -0.2) is 0 Å². The third-order valence-corrected chi connectivity index (χ3v) is 5.90. The Bertz CT molecular complexity index is 819. The van der Waals surface area contributed by atoms with Gasteiger partial charge in [-0.3, -0.25) is 14.6 Å². The molecule has 1 aliphatic rings. The molecule has 0 saturated carbocycles. The average Bonchev–Trinajstić information content (AvgIpc) is 2.92. The van der Waals surface area contributed by atoms with Crippen LogP contribution in [0.5, 0.6) is 5.75 Å². The summed E-state index contributed by atoms with van der Waals surface area (Å²) in [6.45, 7) is 3.99. The molecule has 0 radical (unpaired) electrons. The summed E-state index contributed by atoms with van der Waals surface area (Å²) in [5.41, 5.74) is 2.67. The Balaban J connectivity index is 1.56. The number of nitrogens with zero attached hydrogens (tertiary/aromatic N) is 1. The van der Waals surface area contributed by atoms with Crippen LogP contribution in [0, 0.1) is 0 Å². The molecular formula is C21H23NO4S. The van der Waals surface area contributed by atoms with Crippen LogP contribution in [0.15, 0.2) is 42.6 Å². The highest BCUT2D eigenvalue weighted by molar-refractivity contribution is 8.16. The fourth-order valence-corrected chi connectivity index (χ4v) is 4.12. The van der Waals surface area contributed by atoms with E-state index in [1.807, 2.05) is 43.3 Å². The van der Waals surface area contributed by atoms with Gasteiger partial charge >= 0.3 is 0 Å². The van der Waals surface area contributed by atoms with Gasteiger partial charge in [-0.15, -0.1) is 0 Å². The van der Waals surface area contributed by atoms with Crippen LogP contribution in [0.25, 0.3) is 0 Å². The van der Waals surface area contributed by atoms with Gasteiger partial charge in [-0.05, 0) is 49.1 Å². The van der Waals surface area contributed by atoms with Crippen molar-refractivity contribution in [2.24, 2.45) is 0 Å². The third-order valence-electron chi connectivity index (χ3n) is 4.70. The number of benzene rings is 1. The Morgan fingerprint density at radius 3 is 2.44 bits per heavy atom. The molecule has 2 heterocycles. The third kappa shape index (κ3) is 4.76. The van der Waals surface area contributed by atoms with Crippen molar-refractivity contribution in [1.82, 2.24) is 4.98 Å². The summed E-state index contributed by atoms with van der Waals surface area (Å²) in [6.07, 6.45) is 2.41. The number of aliphatic hydroxyl groups is 1. The number of pyridine rings is 1. The summed E-state index contributed by atoms with van der Waals surface area (Å²) in [4.78, 5) is 27.8. The average molecular weight is 385 g/mol. The van der Waals surface area contributed by atoms with E-state index in [1.165, 1.54) is 0 Å². The Morgan fingerprint density at radius 2 is 1.89 bits per heavy atom. The number of rotatable bonds is 7. The van der Waals surface area contributed by atoms with Gasteiger partial charge in [-0.2, -0.15) is 0 Å². The Hall–Kier alpha value is -2.18. The zero-order valence-electron chi connectivity index (χ0n) is 15.5. The normalized spacial score (nSPS) is 20.7. The van der Waals surface area contributed by atoms with Gasteiger partial charge in [0.1, 0.15) is 18.5 Å². The van der Waals surface area contributed by atoms with Gasteiger partial charge in [-0.1, -0.05) is 36.9 Å². The topological polar surface area (TPSA) is 76.5 Å². The summed E-state index contributed by atoms with van der Waals surface area (Å²) in [6, 6.07) is 11.2. The number of aliphatic hydroxyl groups excluding tert-OH is 1.